The van der Waals surface area contributed by atoms with Crippen LogP contribution in [0.3, 0.4) is 0 Å². The van der Waals surface area contributed by atoms with Crippen molar-refractivity contribution in [2.45, 2.75) is 6.92 Å². The molecule has 1 rings (SSSR count). The Bertz CT molecular complexity index is 471. The Balaban J connectivity index is 3.01. The quantitative estimate of drug-likeness (QED) is 0.461. The Morgan fingerprint density at radius 1 is 1.59 bits per heavy atom. The van der Waals surface area contributed by atoms with Gasteiger partial charge in [-0.15, -0.1) is 0 Å². The number of hydrogen-bond donors (Lipinski definition) is 0. The number of aldehydes is 1. The highest BCUT2D eigenvalue weighted by molar-refractivity contribution is 6.25. The van der Waals surface area contributed by atoms with Gasteiger partial charge in [-0.3, -0.25) is 14.9 Å². The van der Waals surface area contributed by atoms with Crippen molar-refractivity contribution in [3.63, 3.8) is 0 Å². The van der Waals surface area contributed by atoms with Gasteiger partial charge in [0, 0.05) is 17.2 Å². The zero-order valence-electron chi connectivity index (χ0n) is 9.05. The number of nitro benzene ring substituents is 1. The van der Waals surface area contributed by atoms with Crippen LogP contribution in [-0.2, 0) is 0 Å². The highest BCUT2D eigenvalue weighted by Crippen LogP contribution is 2.27. The van der Waals surface area contributed by atoms with Crippen LogP contribution in [0.15, 0.2) is 29.3 Å². The standard InChI is InChI=1S/C11H10ClNO4/c1-8(5-12)7-17-11-4-9(6-14)2-3-10(11)13(15)16/h2-6H,7H2,1H3/b8-5-. The Morgan fingerprint density at radius 2 is 2.29 bits per heavy atom. The number of carbonyl (C=O) groups excluding carboxylic acids is 1. The molecule has 0 fully saturated rings. The van der Waals surface area contributed by atoms with E-state index in [4.69, 9.17) is 16.3 Å². The number of halogens is 1. The molecular formula is C11H10ClNO4. The summed E-state index contributed by atoms with van der Waals surface area (Å²) in [6.07, 6.45) is 0.598. The molecule has 1 aromatic carbocycles. The Hall–Kier alpha value is -1.88. The summed E-state index contributed by atoms with van der Waals surface area (Å²) in [5.41, 5.74) is 2.18. The van der Waals surface area contributed by atoms with Gasteiger partial charge in [0.05, 0.1) is 4.92 Å². The number of carbonyl (C=O) groups is 1. The summed E-state index contributed by atoms with van der Waals surface area (Å²) in [7, 11) is 0. The zero-order valence-corrected chi connectivity index (χ0v) is 9.81. The van der Waals surface area contributed by atoms with Crippen LogP contribution in [-0.4, -0.2) is 17.8 Å². The van der Waals surface area contributed by atoms with Crippen molar-refractivity contribution in [3.05, 3.63) is 45.0 Å². The maximum Gasteiger partial charge on any atom is 0.310 e. The van der Waals surface area contributed by atoms with Crippen LogP contribution in [0.1, 0.15) is 17.3 Å². The monoisotopic (exact) mass is 255 g/mol. The first-order valence-electron chi connectivity index (χ1n) is 4.70. The lowest BCUT2D eigenvalue weighted by atomic mass is 10.2. The molecule has 0 aromatic heterocycles. The minimum absolute atomic E-state index is 0.0532. The summed E-state index contributed by atoms with van der Waals surface area (Å²) < 4.78 is 5.24. The molecule has 0 amide bonds. The van der Waals surface area contributed by atoms with Crippen molar-refractivity contribution in [1.29, 1.82) is 0 Å². The van der Waals surface area contributed by atoms with Crippen molar-refractivity contribution in [1.82, 2.24) is 0 Å². The lowest BCUT2D eigenvalue weighted by Crippen LogP contribution is -2.02. The summed E-state index contributed by atoms with van der Waals surface area (Å²) in [6, 6.07) is 3.92. The van der Waals surface area contributed by atoms with E-state index in [1.165, 1.54) is 23.7 Å². The Labute approximate surface area is 103 Å². The van der Waals surface area contributed by atoms with Crippen LogP contribution in [0.25, 0.3) is 0 Å². The van der Waals surface area contributed by atoms with Gasteiger partial charge in [0.1, 0.15) is 12.9 Å². The predicted octanol–water partition coefficient (Wildman–Crippen LogP) is 2.93. The van der Waals surface area contributed by atoms with Gasteiger partial charge >= 0.3 is 5.69 Å². The fraction of sp³-hybridized carbons (Fsp3) is 0.182. The third-order valence-electron chi connectivity index (χ3n) is 1.96. The van der Waals surface area contributed by atoms with E-state index in [0.29, 0.717) is 11.8 Å². The second-order valence-corrected chi connectivity index (χ2v) is 3.56. The maximum absolute atomic E-state index is 10.7. The fourth-order valence-electron chi connectivity index (χ4n) is 1.09. The molecule has 0 saturated heterocycles. The molecule has 0 aliphatic rings. The summed E-state index contributed by atoms with van der Waals surface area (Å²) in [5.74, 6) is 0.0532. The van der Waals surface area contributed by atoms with Gasteiger partial charge < -0.3 is 4.74 Å². The summed E-state index contributed by atoms with van der Waals surface area (Å²) in [5, 5.41) is 10.7. The summed E-state index contributed by atoms with van der Waals surface area (Å²) in [4.78, 5) is 20.7. The number of nitro groups is 1. The van der Waals surface area contributed by atoms with Crippen LogP contribution in [0.2, 0.25) is 0 Å². The highest BCUT2D eigenvalue weighted by atomic mass is 35.5. The average Bonchev–Trinajstić information content (AvgIpc) is 2.35. The smallest absolute Gasteiger partial charge is 0.310 e. The molecule has 0 aliphatic heterocycles. The second-order valence-electron chi connectivity index (χ2n) is 3.35. The Kier molecular flexibility index (Phi) is 4.66. The third kappa shape index (κ3) is 3.57. The first-order chi connectivity index (χ1) is 8.08. The van der Waals surface area contributed by atoms with Crippen molar-refractivity contribution in [2.24, 2.45) is 0 Å². The maximum atomic E-state index is 10.7. The van der Waals surface area contributed by atoms with Crippen molar-refractivity contribution < 1.29 is 14.5 Å². The second kappa shape index (κ2) is 6.00. The zero-order chi connectivity index (χ0) is 12.8. The first-order valence-corrected chi connectivity index (χ1v) is 5.14. The normalized spacial score (nSPS) is 11.1. The van der Waals surface area contributed by atoms with Gasteiger partial charge in [-0.05, 0) is 24.6 Å². The SMILES string of the molecule is C/C(=C/Cl)COc1cc(C=O)ccc1[N+](=O)[O-]. The molecule has 0 heterocycles. The number of rotatable bonds is 5. The van der Waals surface area contributed by atoms with E-state index in [9.17, 15) is 14.9 Å². The number of benzene rings is 1. The molecule has 90 valence electrons. The van der Waals surface area contributed by atoms with Crippen LogP contribution in [0, 0.1) is 10.1 Å². The topological polar surface area (TPSA) is 69.4 Å². The summed E-state index contributed by atoms with van der Waals surface area (Å²) >= 11 is 5.45. The van der Waals surface area contributed by atoms with Crippen LogP contribution in [0.5, 0.6) is 5.75 Å². The van der Waals surface area contributed by atoms with Gasteiger partial charge in [0.2, 0.25) is 0 Å². The molecular weight excluding hydrogens is 246 g/mol. The minimum Gasteiger partial charge on any atom is -0.482 e. The molecule has 0 radical (unpaired) electrons. The lowest BCUT2D eigenvalue weighted by Gasteiger charge is -2.06. The molecule has 0 atom stereocenters. The van der Waals surface area contributed by atoms with E-state index >= 15 is 0 Å². The molecule has 6 heteroatoms. The molecule has 0 bridgehead atoms. The van der Waals surface area contributed by atoms with Gasteiger partial charge in [-0.1, -0.05) is 11.6 Å². The number of ether oxygens (including phenoxy) is 1. The molecule has 0 spiro atoms. The van der Waals surface area contributed by atoms with Crippen LogP contribution in [0.4, 0.5) is 5.69 Å². The lowest BCUT2D eigenvalue weighted by molar-refractivity contribution is -0.385. The fourth-order valence-corrected chi connectivity index (χ4v) is 1.16. The van der Waals surface area contributed by atoms with Gasteiger partial charge in [0.25, 0.3) is 0 Å². The van der Waals surface area contributed by atoms with E-state index in [2.05, 4.69) is 0 Å². The highest BCUT2D eigenvalue weighted by Gasteiger charge is 2.15. The Morgan fingerprint density at radius 3 is 2.82 bits per heavy atom. The molecule has 0 saturated carbocycles. The van der Waals surface area contributed by atoms with Crippen molar-refractivity contribution in [3.8, 4) is 5.75 Å². The van der Waals surface area contributed by atoms with E-state index in [1.807, 2.05) is 0 Å². The van der Waals surface area contributed by atoms with Gasteiger partial charge in [0.15, 0.2) is 5.75 Å². The molecule has 17 heavy (non-hydrogen) atoms. The number of nitrogens with zero attached hydrogens (tertiary/aromatic N) is 1. The largest absolute Gasteiger partial charge is 0.482 e. The molecule has 5 nitrogen and oxygen atoms in total. The van der Waals surface area contributed by atoms with Crippen molar-refractivity contribution in [2.75, 3.05) is 6.61 Å². The average molecular weight is 256 g/mol. The molecule has 0 unspecified atom stereocenters. The number of hydrogen-bond acceptors (Lipinski definition) is 4. The summed E-state index contributed by atoms with van der Waals surface area (Å²) in [6.45, 7) is 1.86. The van der Waals surface area contributed by atoms with E-state index in [-0.39, 0.29) is 18.0 Å². The third-order valence-corrected chi connectivity index (χ3v) is 2.33. The van der Waals surface area contributed by atoms with Gasteiger partial charge in [-0.2, -0.15) is 0 Å². The van der Waals surface area contributed by atoms with Crippen LogP contribution >= 0.6 is 11.6 Å². The molecule has 1 aromatic rings. The van der Waals surface area contributed by atoms with Gasteiger partial charge in [-0.25, -0.2) is 0 Å². The molecule has 0 N–H and O–H groups in total. The van der Waals surface area contributed by atoms with Crippen molar-refractivity contribution >= 4 is 23.6 Å². The minimum atomic E-state index is -0.566. The van der Waals surface area contributed by atoms with E-state index in [1.54, 1.807) is 6.92 Å². The molecule has 0 aliphatic carbocycles. The predicted molar refractivity (Wildman–Crippen MR) is 63.6 cm³/mol. The van der Waals surface area contributed by atoms with Crippen LogP contribution < -0.4 is 4.74 Å². The van der Waals surface area contributed by atoms with E-state index in [0.717, 1.165) is 5.57 Å². The first kappa shape index (κ1) is 13.2. The van der Waals surface area contributed by atoms with E-state index < -0.39 is 4.92 Å².